The van der Waals surface area contributed by atoms with Crippen LogP contribution >= 0.6 is 11.8 Å². The van der Waals surface area contributed by atoms with Crippen LogP contribution in [0.4, 0.5) is 0 Å². The Morgan fingerprint density at radius 2 is 2.06 bits per heavy atom. The van der Waals surface area contributed by atoms with Crippen molar-refractivity contribution in [2.24, 2.45) is 0 Å². The molecule has 0 saturated heterocycles. The van der Waals surface area contributed by atoms with E-state index in [1.54, 1.807) is 0 Å². The monoisotopic (exact) mass is 234 g/mol. The highest BCUT2D eigenvalue weighted by atomic mass is 32.2. The molecular formula is C12H14N2OS. The average Bonchev–Trinajstić information content (AvgIpc) is 2.83. The molecule has 0 saturated carbocycles. The van der Waals surface area contributed by atoms with Crippen molar-refractivity contribution in [1.82, 2.24) is 10.2 Å². The topological polar surface area (TPSA) is 38.9 Å². The third-order valence-electron chi connectivity index (χ3n) is 2.23. The molecule has 0 aliphatic heterocycles. The van der Waals surface area contributed by atoms with Crippen LogP contribution < -0.4 is 0 Å². The van der Waals surface area contributed by atoms with Crippen molar-refractivity contribution in [3.63, 3.8) is 0 Å². The van der Waals surface area contributed by atoms with Gasteiger partial charge in [-0.1, -0.05) is 30.3 Å². The Kier molecular flexibility index (Phi) is 4.43. The third kappa shape index (κ3) is 3.70. The molecule has 2 rings (SSSR count). The Morgan fingerprint density at radius 1 is 1.19 bits per heavy atom. The van der Waals surface area contributed by atoms with Gasteiger partial charge in [-0.15, -0.1) is 10.2 Å². The summed E-state index contributed by atoms with van der Waals surface area (Å²) >= 11 is 1.83. The summed E-state index contributed by atoms with van der Waals surface area (Å²) in [4.78, 5) is 0. The summed E-state index contributed by atoms with van der Waals surface area (Å²) in [6.45, 7) is 0. The molecule has 3 nitrogen and oxygen atoms in total. The zero-order valence-corrected chi connectivity index (χ0v) is 9.82. The second-order valence-electron chi connectivity index (χ2n) is 3.47. The van der Waals surface area contributed by atoms with Gasteiger partial charge in [-0.3, -0.25) is 0 Å². The summed E-state index contributed by atoms with van der Waals surface area (Å²) in [7, 11) is 0. The number of nitrogens with zero attached hydrogens (tertiary/aromatic N) is 2. The minimum atomic E-state index is 0.713. The molecule has 0 fully saturated rings. The lowest BCUT2D eigenvalue weighted by Crippen LogP contribution is -1.88. The van der Waals surface area contributed by atoms with E-state index in [0.29, 0.717) is 5.89 Å². The minimum absolute atomic E-state index is 0.713. The van der Waals surface area contributed by atoms with Crippen molar-refractivity contribution in [3.05, 3.63) is 48.2 Å². The first-order chi connectivity index (χ1) is 7.95. The van der Waals surface area contributed by atoms with Gasteiger partial charge in [-0.2, -0.15) is 11.8 Å². The van der Waals surface area contributed by atoms with E-state index in [0.717, 1.165) is 17.9 Å². The third-order valence-corrected chi connectivity index (χ3v) is 3.26. The van der Waals surface area contributed by atoms with Crippen LogP contribution in [0, 0.1) is 0 Å². The zero-order chi connectivity index (χ0) is 11.1. The highest BCUT2D eigenvalue weighted by molar-refractivity contribution is 7.98. The Balaban J connectivity index is 1.59. The molecule has 0 radical (unpaired) electrons. The molecule has 0 unspecified atom stereocenters. The van der Waals surface area contributed by atoms with Crippen molar-refractivity contribution in [2.45, 2.75) is 18.6 Å². The van der Waals surface area contributed by atoms with Crippen molar-refractivity contribution in [2.75, 3.05) is 5.75 Å². The van der Waals surface area contributed by atoms with Crippen LogP contribution in [-0.2, 0) is 12.2 Å². The normalized spacial score (nSPS) is 10.5. The van der Waals surface area contributed by atoms with Gasteiger partial charge < -0.3 is 4.42 Å². The molecule has 2 aromatic rings. The van der Waals surface area contributed by atoms with Gasteiger partial charge in [-0.25, -0.2) is 0 Å². The summed E-state index contributed by atoms with van der Waals surface area (Å²) in [6, 6.07) is 10.6. The smallest absolute Gasteiger partial charge is 0.226 e. The van der Waals surface area contributed by atoms with Crippen LogP contribution in [0.5, 0.6) is 0 Å². The summed E-state index contributed by atoms with van der Waals surface area (Å²) in [5.74, 6) is 2.65. The van der Waals surface area contributed by atoms with E-state index in [-0.39, 0.29) is 0 Å². The maximum Gasteiger partial charge on any atom is 0.226 e. The summed E-state index contributed by atoms with van der Waals surface area (Å²) in [6.07, 6.45) is 3.69. The second-order valence-corrected chi connectivity index (χ2v) is 4.58. The van der Waals surface area contributed by atoms with Crippen molar-refractivity contribution < 1.29 is 4.42 Å². The van der Waals surface area contributed by atoms with E-state index in [9.17, 15) is 0 Å². The predicted molar refractivity (Wildman–Crippen MR) is 65.2 cm³/mol. The number of aryl methyl sites for hydroxylation is 1. The maximum absolute atomic E-state index is 5.06. The zero-order valence-electron chi connectivity index (χ0n) is 9.00. The van der Waals surface area contributed by atoms with E-state index < -0.39 is 0 Å². The van der Waals surface area contributed by atoms with Crippen LogP contribution in [0.15, 0.2) is 41.1 Å². The van der Waals surface area contributed by atoms with Gasteiger partial charge in [0.25, 0.3) is 0 Å². The molecule has 1 heterocycles. The number of hydrogen-bond donors (Lipinski definition) is 0. The first-order valence-electron chi connectivity index (χ1n) is 5.32. The molecule has 0 aliphatic rings. The lowest BCUT2D eigenvalue weighted by atomic mass is 10.1. The van der Waals surface area contributed by atoms with E-state index in [1.807, 2.05) is 17.8 Å². The first-order valence-corrected chi connectivity index (χ1v) is 6.47. The standard InChI is InChI=1S/C12H14N2OS/c1-2-5-11(6-3-1)7-4-8-16-9-12-14-13-10-15-12/h1-3,5-6,10H,4,7-9H2. The number of thioether (sulfide) groups is 1. The SMILES string of the molecule is c1ccc(CCCSCc2nnco2)cc1. The molecule has 0 atom stereocenters. The molecule has 0 bridgehead atoms. The first kappa shape index (κ1) is 11.2. The molecule has 4 heteroatoms. The highest BCUT2D eigenvalue weighted by Gasteiger charge is 1.98. The molecule has 84 valence electrons. The molecule has 0 amide bonds. The Labute approximate surface area is 99.3 Å². The van der Waals surface area contributed by atoms with Crippen LogP contribution in [0.2, 0.25) is 0 Å². The van der Waals surface area contributed by atoms with Crippen LogP contribution in [0.1, 0.15) is 17.9 Å². The fourth-order valence-electron chi connectivity index (χ4n) is 1.44. The van der Waals surface area contributed by atoms with Gasteiger partial charge in [0.15, 0.2) is 0 Å². The summed E-state index contributed by atoms with van der Waals surface area (Å²) in [5.41, 5.74) is 1.40. The van der Waals surface area contributed by atoms with E-state index in [1.165, 1.54) is 18.4 Å². The maximum atomic E-state index is 5.06. The lowest BCUT2D eigenvalue weighted by molar-refractivity contribution is 0.514. The van der Waals surface area contributed by atoms with E-state index in [4.69, 9.17) is 4.42 Å². The molecule has 0 N–H and O–H groups in total. The molecule has 0 spiro atoms. The predicted octanol–water partition coefficient (Wildman–Crippen LogP) is 2.94. The fourth-order valence-corrected chi connectivity index (χ4v) is 2.23. The molecule has 0 aliphatic carbocycles. The van der Waals surface area contributed by atoms with Crippen molar-refractivity contribution >= 4 is 11.8 Å². The van der Waals surface area contributed by atoms with Crippen molar-refractivity contribution in [3.8, 4) is 0 Å². The van der Waals surface area contributed by atoms with Gasteiger partial charge in [0.1, 0.15) is 0 Å². The van der Waals surface area contributed by atoms with E-state index >= 15 is 0 Å². The number of rotatable bonds is 6. The highest BCUT2D eigenvalue weighted by Crippen LogP contribution is 2.12. The minimum Gasteiger partial charge on any atom is -0.427 e. The molecule has 1 aromatic heterocycles. The van der Waals surface area contributed by atoms with Crippen LogP contribution in [-0.4, -0.2) is 16.0 Å². The van der Waals surface area contributed by atoms with Crippen LogP contribution in [0.25, 0.3) is 0 Å². The summed E-state index contributed by atoms with van der Waals surface area (Å²) < 4.78 is 5.06. The number of benzene rings is 1. The second kappa shape index (κ2) is 6.33. The molecule has 16 heavy (non-hydrogen) atoms. The summed E-state index contributed by atoms with van der Waals surface area (Å²) in [5, 5.41) is 7.47. The van der Waals surface area contributed by atoms with Gasteiger partial charge in [0.05, 0.1) is 5.75 Å². The number of hydrogen-bond acceptors (Lipinski definition) is 4. The fraction of sp³-hybridized carbons (Fsp3) is 0.333. The Hall–Kier alpha value is -1.29. The van der Waals surface area contributed by atoms with E-state index in [2.05, 4.69) is 34.5 Å². The lowest BCUT2D eigenvalue weighted by Gasteiger charge is -2.00. The van der Waals surface area contributed by atoms with Gasteiger partial charge in [0, 0.05) is 0 Å². The van der Waals surface area contributed by atoms with Gasteiger partial charge >= 0.3 is 0 Å². The molecular weight excluding hydrogens is 220 g/mol. The quantitative estimate of drug-likeness (QED) is 0.720. The average molecular weight is 234 g/mol. The van der Waals surface area contributed by atoms with Gasteiger partial charge in [-0.05, 0) is 24.2 Å². The Bertz CT molecular complexity index is 389. The van der Waals surface area contributed by atoms with Crippen molar-refractivity contribution in [1.29, 1.82) is 0 Å². The number of aromatic nitrogens is 2. The van der Waals surface area contributed by atoms with Crippen LogP contribution in [0.3, 0.4) is 0 Å². The molecule has 1 aromatic carbocycles. The Morgan fingerprint density at radius 3 is 2.81 bits per heavy atom. The van der Waals surface area contributed by atoms with Gasteiger partial charge in [0.2, 0.25) is 12.3 Å². The largest absolute Gasteiger partial charge is 0.427 e.